The first-order valence-electron chi connectivity index (χ1n) is 10.6. The Morgan fingerprint density at radius 2 is 1.48 bits per heavy atom. The zero-order valence-corrected chi connectivity index (χ0v) is 19.1. The SMILES string of the molecule is COC(=O)[C@@]12C[C@@H]1[C@@H](C)[C@H](O[Si](c1ccccc1)(c1ccccc1)C(C)(C)C)C2. The van der Waals surface area contributed by atoms with Gasteiger partial charge in [-0.2, -0.15) is 0 Å². The molecule has 0 spiro atoms. The van der Waals surface area contributed by atoms with Crippen molar-refractivity contribution < 1.29 is 14.0 Å². The Labute approximate surface area is 175 Å². The minimum atomic E-state index is -2.60. The molecular weight excluding hydrogens is 376 g/mol. The number of carbonyl (C=O) groups excluding carboxylic acids is 1. The van der Waals surface area contributed by atoms with Crippen molar-refractivity contribution in [3.05, 3.63) is 60.7 Å². The second-order valence-electron chi connectivity index (χ2n) is 9.84. The van der Waals surface area contributed by atoms with Crippen molar-refractivity contribution in [3.63, 3.8) is 0 Å². The molecule has 0 unspecified atom stereocenters. The van der Waals surface area contributed by atoms with Gasteiger partial charge >= 0.3 is 5.97 Å². The van der Waals surface area contributed by atoms with Gasteiger partial charge in [-0.25, -0.2) is 0 Å². The van der Waals surface area contributed by atoms with Crippen molar-refractivity contribution in [3.8, 4) is 0 Å². The molecule has 154 valence electrons. The molecule has 0 aromatic heterocycles. The van der Waals surface area contributed by atoms with Gasteiger partial charge < -0.3 is 9.16 Å². The van der Waals surface area contributed by atoms with E-state index in [1.807, 2.05) is 0 Å². The summed E-state index contributed by atoms with van der Waals surface area (Å²) in [6, 6.07) is 21.5. The Hall–Kier alpha value is -1.91. The number of hydrogen-bond donors (Lipinski definition) is 0. The molecule has 2 aliphatic rings. The largest absolute Gasteiger partial charge is 0.469 e. The maximum Gasteiger partial charge on any atom is 0.312 e. The fourth-order valence-electron chi connectivity index (χ4n) is 5.65. The molecule has 4 rings (SSSR count). The standard InChI is InChI=1S/C25H32O3Si/c1-18-21-16-25(21,23(26)27-5)17-22(18)28-29(24(2,3)4,19-12-8-6-9-13-19)20-14-10-7-11-15-20/h6-15,18,21-22H,16-17H2,1-5H3/t18-,21-,22-,25-/m1/s1. The number of methoxy groups -OCH3 is 1. The highest BCUT2D eigenvalue weighted by molar-refractivity contribution is 6.99. The van der Waals surface area contributed by atoms with Crippen LogP contribution in [-0.2, 0) is 14.0 Å². The van der Waals surface area contributed by atoms with E-state index in [2.05, 4.69) is 88.4 Å². The lowest BCUT2D eigenvalue weighted by molar-refractivity contribution is -0.147. The molecule has 0 saturated heterocycles. The summed E-state index contributed by atoms with van der Waals surface area (Å²) in [7, 11) is -1.09. The van der Waals surface area contributed by atoms with Gasteiger partial charge in [0.2, 0.25) is 0 Å². The Morgan fingerprint density at radius 1 is 0.966 bits per heavy atom. The first kappa shape index (κ1) is 20.4. The van der Waals surface area contributed by atoms with Crippen LogP contribution in [0.5, 0.6) is 0 Å². The van der Waals surface area contributed by atoms with Gasteiger partial charge in [-0.1, -0.05) is 88.4 Å². The quantitative estimate of drug-likeness (QED) is 0.551. The lowest BCUT2D eigenvalue weighted by Gasteiger charge is -2.45. The molecule has 4 heteroatoms. The van der Waals surface area contributed by atoms with E-state index < -0.39 is 8.32 Å². The number of benzene rings is 2. The Bertz CT molecular complexity index is 834. The molecule has 0 bridgehead atoms. The molecular formula is C25H32O3Si. The van der Waals surface area contributed by atoms with Crippen LogP contribution in [0.3, 0.4) is 0 Å². The van der Waals surface area contributed by atoms with E-state index in [1.165, 1.54) is 17.5 Å². The molecule has 0 heterocycles. The van der Waals surface area contributed by atoms with E-state index in [0.29, 0.717) is 11.8 Å². The van der Waals surface area contributed by atoms with Crippen LogP contribution in [0.2, 0.25) is 5.04 Å². The summed E-state index contributed by atoms with van der Waals surface area (Å²) < 4.78 is 12.5. The second-order valence-corrected chi connectivity index (χ2v) is 14.1. The normalized spacial score (nSPS) is 28.7. The fraction of sp³-hybridized carbons (Fsp3) is 0.480. The van der Waals surface area contributed by atoms with Crippen LogP contribution in [0.1, 0.15) is 40.5 Å². The van der Waals surface area contributed by atoms with Gasteiger partial charge in [0.1, 0.15) is 0 Å². The van der Waals surface area contributed by atoms with Crippen molar-refractivity contribution in [2.45, 2.75) is 51.7 Å². The van der Waals surface area contributed by atoms with Crippen LogP contribution in [0.15, 0.2) is 60.7 Å². The van der Waals surface area contributed by atoms with E-state index in [9.17, 15) is 4.79 Å². The Balaban J connectivity index is 1.79. The fourth-order valence-corrected chi connectivity index (χ4v) is 10.4. The summed E-state index contributed by atoms with van der Waals surface area (Å²) in [5.41, 5.74) is -0.315. The summed E-state index contributed by atoms with van der Waals surface area (Å²) in [5.74, 6) is 0.691. The Morgan fingerprint density at radius 3 is 1.93 bits per heavy atom. The molecule has 0 radical (unpaired) electrons. The van der Waals surface area contributed by atoms with Gasteiger partial charge in [0, 0.05) is 6.10 Å². The third-order valence-corrected chi connectivity index (χ3v) is 12.3. The van der Waals surface area contributed by atoms with Crippen molar-refractivity contribution in [2.24, 2.45) is 17.3 Å². The zero-order chi connectivity index (χ0) is 20.9. The molecule has 2 fully saturated rings. The summed E-state index contributed by atoms with van der Waals surface area (Å²) in [6.45, 7) is 9.16. The Kier molecular flexibility index (Phi) is 4.99. The monoisotopic (exact) mass is 408 g/mol. The molecule has 4 atom stereocenters. The van der Waals surface area contributed by atoms with Crippen molar-refractivity contribution >= 4 is 24.7 Å². The molecule has 2 saturated carbocycles. The first-order chi connectivity index (χ1) is 13.8. The predicted molar refractivity (Wildman–Crippen MR) is 119 cm³/mol. The highest BCUT2D eigenvalue weighted by Gasteiger charge is 2.70. The van der Waals surface area contributed by atoms with Crippen LogP contribution in [0.25, 0.3) is 0 Å². The van der Waals surface area contributed by atoms with E-state index in [-0.39, 0.29) is 22.5 Å². The zero-order valence-electron chi connectivity index (χ0n) is 18.1. The van der Waals surface area contributed by atoms with Gasteiger partial charge in [0.05, 0.1) is 12.5 Å². The average molecular weight is 409 g/mol. The van der Waals surface area contributed by atoms with Crippen LogP contribution >= 0.6 is 0 Å². The van der Waals surface area contributed by atoms with Crippen molar-refractivity contribution in [2.75, 3.05) is 7.11 Å². The lowest BCUT2D eigenvalue weighted by Crippen LogP contribution is -2.68. The molecule has 0 N–H and O–H groups in total. The van der Waals surface area contributed by atoms with Gasteiger partial charge in [-0.15, -0.1) is 0 Å². The smallest absolute Gasteiger partial charge is 0.312 e. The number of rotatable bonds is 5. The summed E-state index contributed by atoms with van der Waals surface area (Å²) in [6.07, 6.45) is 1.79. The van der Waals surface area contributed by atoms with Gasteiger partial charge in [0.15, 0.2) is 0 Å². The summed E-state index contributed by atoms with van der Waals surface area (Å²) >= 11 is 0. The average Bonchev–Trinajstić information content (AvgIpc) is 3.39. The van der Waals surface area contributed by atoms with Crippen molar-refractivity contribution in [1.82, 2.24) is 0 Å². The van der Waals surface area contributed by atoms with Crippen LogP contribution in [0.4, 0.5) is 0 Å². The summed E-state index contributed by atoms with van der Waals surface area (Å²) in [4.78, 5) is 12.5. The molecule has 0 aliphatic heterocycles. The molecule has 3 nitrogen and oxygen atoms in total. The van der Waals surface area contributed by atoms with Gasteiger partial charge in [-0.3, -0.25) is 4.79 Å². The maximum atomic E-state index is 12.5. The van der Waals surface area contributed by atoms with Gasteiger partial charge in [-0.05, 0) is 40.1 Å². The summed E-state index contributed by atoms with van der Waals surface area (Å²) in [5, 5.41) is 2.53. The second kappa shape index (κ2) is 7.10. The minimum Gasteiger partial charge on any atom is -0.469 e. The third kappa shape index (κ3) is 3.08. The first-order valence-corrected chi connectivity index (χ1v) is 12.5. The van der Waals surface area contributed by atoms with Crippen LogP contribution in [-0.4, -0.2) is 27.5 Å². The minimum absolute atomic E-state index is 0.0529. The van der Waals surface area contributed by atoms with E-state index in [4.69, 9.17) is 9.16 Å². The topological polar surface area (TPSA) is 35.5 Å². The molecule has 2 aromatic rings. The van der Waals surface area contributed by atoms with Crippen LogP contribution in [0, 0.1) is 17.3 Å². The van der Waals surface area contributed by atoms with Crippen LogP contribution < -0.4 is 10.4 Å². The number of esters is 1. The highest BCUT2D eigenvalue weighted by Crippen LogP contribution is 2.67. The van der Waals surface area contributed by atoms with Gasteiger partial charge in [0.25, 0.3) is 8.32 Å². The number of fused-ring (bicyclic) bond motifs is 1. The van der Waals surface area contributed by atoms with E-state index in [1.54, 1.807) is 0 Å². The van der Waals surface area contributed by atoms with Crippen molar-refractivity contribution in [1.29, 1.82) is 0 Å². The number of ether oxygens (including phenoxy) is 1. The maximum absolute atomic E-state index is 12.5. The predicted octanol–water partition coefficient (Wildman–Crippen LogP) is 4.15. The molecule has 29 heavy (non-hydrogen) atoms. The number of carbonyl (C=O) groups is 1. The molecule has 2 aromatic carbocycles. The number of hydrogen-bond acceptors (Lipinski definition) is 3. The third-order valence-electron chi connectivity index (χ3n) is 7.26. The molecule has 0 amide bonds. The highest BCUT2D eigenvalue weighted by atomic mass is 28.4. The lowest BCUT2D eigenvalue weighted by atomic mass is 10.0. The molecule has 2 aliphatic carbocycles. The van der Waals surface area contributed by atoms with E-state index in [0.717, 1.165) is 12.8 Å². The van der Waals surface area contributed by atoms with E-state index >= 15 is 0 Å².